The average Bonchev–Trinajstić information content (AvgIpc) is 2.79. The number of amides is 2. The number of carbonyl (C=O) groups is 2. The van der Waals surface area contributed by atoms with Gasteiger partial charge < -0.3 is 10.2 Å². The van der Waals surface area contributed by atoms with Gasteiger partial charge in [0.2, 0.25) is 11.8 Å². The van der Waals surface area contributed by atoms with E-state index in [4.69, 9.17) is 0 Å². The number of nitrogens with zero attached hydrogens (tertiary/aromatic N) is 1. The molecule has 1 heterocycles. The molecule has 1 saturated heterocycles. The van der Waals surface area contributed by atoms with E-state index in [9.17, 15) is 9.59 Å². The van der Waals surface area contributed by atoms with Gasteiger partial charge in [0, 0.05) is 19.5 Å². The van der Waals surface area contributed by atoms with Crippen LogP contribution in [0.25, 0.3) is 0 Å². The van der Waals surface area contributed by atoms with Crippen LogP contribution in [0.1, 0.15) is 58.8 Å². The molecule has 19 heavy (non-hydrogen) atoms. The molecule has 1 atom stereocenters. The highest BCUT2D eigenvalue weighted by molar-refractivity contribution is 5.93. The van der Waals surface area contributed by atoms with E-state index in [1.807, 2.05) is 4.90 Å². The second kappa shape index (κ2) is 5.93. The average molecular weight is 266 g/mol. The van der Waals surface area contributed by atoms with Crippen molar-refractivity contribution in [2.75, 3.05) is 13.1 Å². The summed E-state index contributed by atoms with van der Waals surface area (Å²) >= 11 is 0. The lowest BCUT2D eigenvalue weighted by atomic mass is 9.95. The lowest BCUT2D eigenvalue weighted by Gasteiger charge is -2.33. The predicted molar refractivity (Wildman–Crippen MR) is 74.6 cm³/mol. The van der Waals surface area contributed by atoms with Crippen LogP contribution in [-0.2, 0) is 9.59 Å². The molecule has 2 rings (SSSR count). The first-order valence-corrected chi connectivity index (χ1v) is 7.68. The molecular weight excluding hydrogens is 240 g/mol. The van der Waals surface area contributed by atoms with Crippen LogP contribution in [0.4, 0.5) is 0 Å². The molecule has 4 heteroatoms. The van der Waals surface area contributed by atoms with Gasteiger partial charge in [0.05, 0.1) is 0 Å². The van der Waals surface area contributed by atoms with Crippen LogP contribution >= 0.6 is 0 Å². The molecule has 1 spiro atoms. The Morgan fingerprint density at radius 2 is 2.00 bits per heavy atom. The summed E-state index contributed by atoms with van der Waals surface area (Å²) in [6.45, 7) is 5.74. The van der Waals surface area contributed by atoms with Gasteiger partial charge in [0.1, 0.15) is 5.54 Å². The SMILES string of the molecule is CCCC(C)CN1CCC(=O)NC2(CCCC2)C1=O. The number of hydrogen-bond acceptors (Lipinski definition) is 2. The Hall–Kier alpha value is -1.06. The zero-order chi connectivity index (χ0) is 13.9. The molecule has 0 radical (unpaired) electrons. The molecule has 0 aromatic heterocycles. The molecule has 1 unspecified atom stereocenters. The van der Waals surface area contributed by atoms with Crippen molar-refractivity contribution in [2.45, 2.75) is 64.3 Å². The van der Waals surface area contributed by atoms with Crippen molar-refractivity contribution < 1.29 is 9.59 Å². The maximum absolute atomic E-state index is 12.8. The first-order chi connectivity index (χ1) is 9.07. The molecule has 108 valence electrons. The molecule has 1 N–H and O–H groups in total. The number of nitrogens with one attached hydrogen (secondary N) is 1. The Morgan fingerprint density at radius 1 is 1.32 bits per heavy atom. The maximum atomic E-state index is 12.8. The smallest absolute Gasteiger partial charge is 0.248 e. The third-order valence-electron chi connectivity index (χ3n) is 4.45. The van der Waals surface area contributed by atoms with Crippen LogP contribution in [0.2, 0.25) is 0 Å². The lowest BCUT2D eigenvalue weighted by molar-refractivity contribution is -0.139. The van der Waals surface area contributed by atoms with E-state index < -0.39 is 5.54 Å². The monoisotopic (exact) mass is 266 g/mol. The molecule has 0 aromatic carbocycles. The van der Waals surface area contributed by atoms with Crippen molar-refractivity contribution >= 4 is 11.8 Å². The molecule has 2 amide bonds. The highest BCUT2D eigenvalue weighted by atomic mass is 16.2. The molecule has 1 aliphatic heterocycles. The third kappa shape index (κ3) is 3.10. The molecule has 0 bridgehead atoms. The Labute approximate surface area is 115 Å². The summed E-state index contributed by atoms with van der Waals surface area (Å²) in [5.41, 5.74) is -0.570. The Kier molecular flexibility index (Phi) is 4.48. The summed E-state index contributed by atoms with van der Waals surface area (Å²) in [5.74, 6) is 0.723. The fourth-order valence-electron chi connectivity index (χ4n) is 3.48. The van der Waals surface area contributed by atoms with E-state index in [1.54, 1.807) is 0 Å². The van der Waals surface area contributed by atoms with Gasteiger partial charge in [0.25, 0.3) is 0 Å². The lowest BCUT2D eigenvalue weighted by Crippen LogP contribution is -2.55. The summed E-state index contributed by atoms with van der Waals surface area (Å²) in [4.78, 5) is 26.6. The van der Waals surface area contributed by atoms with Crippen molar-refractivity contribution in [1.82, 2.24) is 10.2 Å². The first-order valence-electron chi connectivity index (χ1n) is 7.68. The minimum atomic E-state index is -0.570. The molecule has 1 saturated carbocycles. The Morgan fingerprint density at radius 3 is 2.63 bits per heavy atom. The molecule has 4 nitrogen and oxygen atoms in total. The number of carbonyl (C=O) groups excluding carboxylic acids is 2. The zero-order valence-electron chi connectivity index (χ0n) is 12.2. The van der Waals surface area contributed by atoms with Gasteiger partial charge in [-0.1, -0.05) is 33.1 Å². The summed E-state index contributed by atoms with van der Waals surface area (Å²) in [5, 5.41) is 3.01. The van der Waals surface area contributed by atoms with Crippen LogP contribution in [0, 0.1) is 5.92 Å². The highest BCUT2D eigenvalue weighted by Crippen LogP contribution is 2.33. The van der Waals surface area contributed by atoms with Crippen LogP contribution in [0.15, 0.2) is 0 Å². The zero-order valence-corrected chi connectivity index (χ0v) is 12.2. The fraction of sp³-hybridized carbons (Fsp3) is 0.867. The van der Waals surface area contributed by atoms with E-state index in [-0.39, 0.29) is 11.8 Å². The Bertz CT molecular complexity index is 348. The van der Waals surface area contributed by atoms with Crippen LogP contribution in [-0.4, -0.2) is 35.3 Å². The molecule has 1 aliphatic carbocycles. The number of rotatable bonds is 4. The van der Waals surface area contributed by atoms with E-state index in [1.165, 1.54) is 0 Å². The van der Waals surface area contributed by atoms with Crippen molar-refractivity contribution in [3.05, 3.63) is 0 Å². The quantitative estimate of drug-likeness (QED) is 0.847. The molecule has 2 fully saturated rings. The van der Waals surface area contributed by atoms with Gasteiger partial charge in [-0.3, -0.25) is 9.59 Å². The summed E-state index contributed by atoms with van der Waals surface area (Å²) in [6.07, 6.45) is 6.46. The maximum Gasteiger partial charge on any atom is 0.248 e. The van der Waals surface area contributed by atoms with Crippen LogP contribution < -0.4 is 5.32 Å². The number of hydrogen-bond donors (Lipinski definition) is 1. The van der Waals surface area contributed by atoms with Crippen molar-refractivity contribution in [3.8, 4) is 0 Å². The van der Waals surface area contributed by atoms with Gasteiger partial charge in [-0.15, -0.1) is 0 Å². The van der Waals surface area contributed by atoms with Crippen LogP contribution in [0.5, 0.6) is 0 Å². The summed E-state index contributed by atoms with van der Waals surface area (Å²) in [7, 11) is 0. The fourth-order valence-corrected chi connectivity index (χ4v) is 3.48. The van der Waals surface area contributed by atoms with E-state index >= 15 is 0 Å². The van der Waals surface area contributed by atoms with Gasteiger partial charge in [-0.2, -0.15) is 0 Å². The highest BCUT2D eigenvalue weighted by Gasteiger charge is 2.46. The minimum Gasteiger partial charge on any atom is -0.342 e. The van der Waals surface area contributed by atoms with Gasteiger partial charge >= 0.3 is 0 Å². The van der Waals surface area contributed by atoms with E-state index in [2.05, 4.69) is 19.2 Å². The third-order valence-corrected chi connectivity index (χ3v) is 4.45. The summed E-state index contributed by atoms with van der Waals surface area (Å²) in [6, 6.07) is 0. The second-order valence-electron chi connectivity index (χ2n) is 6.23. The van der Waals surface area contributed by atoms with Crippen molar-refractivity contribution in [3.63, 3.8) is 0 Å². The topological polar surface area (TPSA) is 49.4 Å². The first kappa shape index (κ1) is 14.4. The minimum absolute atomic E-state index is 0.0425. The molecule has 0 aromatic rings. The standard InChI is InChI=1S/C15H26N2O2/c1-3-6-12(2)11-17-10-7-13(18)16-15(14(17)19)8-4-5-9-15/h12H,3-11H2,1-2H3,(H,16,18). The normalized spacial score (nSPS) is 24.4. The second-order valence-corrected chi connectivity index (χ2v) is 6.23. The van der Waals surface area contributed by atoms with Gasteiger partial charge in [0.15, 0.2) is 0 Å². The van der Waals surface area contributed by atoms with Gasteiger partial charge in [-0.25, -0.2) is 0 Å². The molecular formula is C15H26N2O2. The summed E-state index contributed by atoms with van der Waals surface area (Å²) < 4.78 is 0. The van der Waals surface area contributed by atoms with E-state index in [0.29, 0.717) is 18.9 Å². The Balaban J connectivity index is 2.10. The predicted octanol–water partition coefficient (Wildman–Crippen LogP) is 2.08. The van der Waals surface area contributed by atoms with Crippen molar-refractivity contribution in [1.29, 1.82) is 0 Å². The van der Waals surface area contributed by atoms with Crippen LogP contribution in [0.3, 0.4) is 0 Å². The van der Waals surface area contributed by atoms with Crippen molar-refractivity contribution in [2.24, 2.45) is 5.92 Å². The largest absolute Gasteiger partial charge is 0.342 e. The van der Waals surface area contributed by atoms with E-state index in [0.717, 1.165) is 45.1 Å². The molecule has 2 aliphatic rings. The van der Waals surface area contributed by atoms with Gasteiger partial charge in [-0.05, 0) is 25.2 Å².